The fourth-order valence-electron chi connectivity index (χ4n) is 2.33. The summed E-state index contributed by atoms with van der Waals surface area (Å²) in [5.74, 6) is 0. The summed E-state index contributed by atoms with van der Waals surface area (Å²) in [4.78, 5) is 2.51. The predicted octanol–water partition coefficient (Wildman–Crippen LogP) is 2.80. The van der Waals surface area contributed by atoms with Gasteiger partial charge >= 0.3 is 0 Å². The Hall–Kier alpha value is -1.06. The number of anilines is 1. The lowest BCUT2D eigenvalue weighted by atomic mass is 10.1. The quantitative estimate of drug-likeness (QED) is 0.779. The molecule has 1 saturated carbocycles. The Kier molecular flexibility index (Phi) is 5.23. The first kappa shape index (κ1) is 14.4. The van der Waals surface area contributed by atoms with Crippen LogP contribution in [0.3, 0.4) is 0 Å². The highest BCUT2D eigenvalue weighted by molar-refractivity contribution is 5.55. The summed E-state index contributed by atoms with van der Waals surface area (Å²) in [7, 11) is 1.78. The Morgan fingerprint density at radius 1 is 1.32 bits per heavy atom. The summed E-state index contributed by atoms with van der Waals surface area (Å²) >= 11 is 0. The average Bonchev–Trinajstić information content (AvgIpc) is 3.22. The maximum Gasteiger partial charge on any atom is 0.0637 e. The molecule has 1 fully saturated rings. The predicted molar refractivity (Wildman–Crippen MR) is 80.7 cm³/mol. The molecule has 0 unspecified atom stereocenters. The van der Waals surface area contributed by atoms with E-state index in [4.69, 9.17) is 4.74 Å². The molecule has 3 heteroatoms. The van der Waals surface area contributed by atoms with Gasteiger partial charge in [-0.15, -0.1) is 0 Å². The summed E-state index contributed by atoms with van der Waals surface area (Å²) in [5, 5.41) is 3.51. The third-order valence-electron chi connectivity index (χ3n) is 3.53. The van der Waals surface area contributed by atoms with Gasteiger partial charge in [0.25, 0.3) is 0 Å². The molecule has 19 heavy (non-hydrogen) atoms. The SMILES string of the molecule is COCCN(c1ccccc1CNC(C)C)C1CC1. The first-order valence-corrected chi connectivity index (χ1v) is 7.29. The van der Waals surface area contributed by atoms with Gasteiger partial charge in [0.2, 0.25) is 0 Å². The van der Waals surface area contributed by atoms with Crippen LogP contribution >= 0.6 is 0 Å². The smallest absolute Gasteiger partial charge is 0.0637 e. The van der Waals surface area contributed by atoms with E-state index >= 15 is 0 Å². The van der Waals surface area contributed by atoms with Gasteiger partial charge in [0, 0.05) is 38.0 Å². The van der Waals surface area contributed by atoms with E-state index < -0.39 is 0 Å². The van der Waals surface area contributed by atoms with Gasteiger partial charge in [-0.25, -0.2) is 0 Å². The van der Waals surface area contributed by atoms with Gasteiger partial charge in [-0.3, -0.25) is 0 Å². The Balaban J connectivity index is 2.11. The number of benzene rings is 1. The highest BCUT2D eigenvalue weighted by Crippen LogP contribution is 2.33. The molecule has 2 rings (SSSR count). The van der Waals surface area contributed by atoms with E-state index in [0.29, 0.717) is 6.04 Å². The van der Waals surface area contributed by atoms with E-state index in [9.17, 15) is 0 Å². The second-order valence-electron chi connectivity index (χ2n) is 5.58. The van der Waals surface area contributed by atoms with Gasteiger partial charge < -0.3 is 15.0 Å². The fraction of sp³-hybridized carbons (Fsp3) is 0.625. The highest BCUT2D eigenvalue weighted by Gasteiger charge is 2.29. The summed E-state index contributed by atoms with van der Waals surface area (Å²) in [6.07, 6.45) is 2.63. The monoisotopic (exact) mass is 262 g/mol. The van der Waals surface area contributed by atoms with Crippen LogP contribution in [0.25, 0.3) is 0 Å². The zero-order chi connectivity index (χ0) is 13.7. The maximum atomic E-state index is 5.25. The molecule has 0 radical (unpaired) electrons. The Bertz CT molecular complexity index is 388. The Labute approximate surface area is 116 Å². The average molecular weight is 262 g/mol. The van der Waals surface area contributed by atoms with Crippen LogP contribution < -0.4 is 10.2 Å². The molecule has 1 N–H and O–H groups in total. The fourth-order valence-corrected chi connectivity index (χ4v) is 2.33. The van der Waals surface area contributed by atoms with Crippen LogP contribution in [0.2, 0.25) is 0 Å². The molecule has 1 aliphatic rings. The first-order chi connectivity index (χ1) is 9.22. The van der Waals surface area contributed by atoms with Gasteiger partial charge in [0.05, 0.1) is 6.61 Å². The molecule has 106 valence electrons. The Morgan fingerprint density at radius 3 is 2.68 bits per heavy atom. The van der Waals surface area contributed by atoms with E-state index in [2.05, 4.69) is 48.3 Å². The molecule has 1 aliphatic carbocycles. The summed E-state index contributed by atoms with van der Waals surface area (Å²) in [6, 6.07) is 9.97. The number of ether oxygens (including phenoxy) is 1. The molecular weight excluding hydrogens is 236 g/mol. The molecule has 0 aromatic heterocycles. The molecule has 0 saturated heterocycles. The van der Waals surface area contributed by atoms with Crippen molar-refractivity contribution in [3.05, 3.63) is 29.8 Å². The zero-order valence-corrected chi connectivity index (χ0v) is 12.4. The van der Waals surface area contributed by atoms with Crippen molar-refractivity contribution in [3.8, 4) is 0 Å². The molecule has 0 spiro atoms. The molecule has 0 bridgehead atoms. The largest absolute Gasteiger partial charge is 0.383 e. The van der Waals surface area contributed by atoms with Crippen LogP contribution in [-0.4, -0.2) is 32.3 Å². The van der Waals surface area contributed by atoms with Crippen molar-refractivity contribution in [2.75, 3.05) is 25.2 Å². The normalized spacial score (nSPS) is 14.9. The lowest BCUT2D eigenvalue weighted by molar-refractivity contribution is 0.205. The van der Waals surface area contributed by atoms with Gasteiger partial charge in [-0.05, 0) is 24.5 Å². The third kappa shape index (κ3) is 4.22. The maximum absolute atomic E-state index is 5.25. The number of methoxy groups -OCH3 is 1. The second kappa shape index (κ2) is 6.92. The first-order valence-electron chi connectivity index (χ1n) is 7.29. The van der Waals surface area contributed by atoms with Crippen LogP contribution in [0, 0.1) is 0 Å². The minimum atomic E-state index is 0.515. The molecule has 0 atom stereocenters. The van der Waals surface area contributed by atoms with Crippen molar-refractivity contribution in [1.82, 2.24) is 5.32 Å². The van der Waals surface area contributed by atoms with Gasteiger partial charge in [-0.2, -0.15) is 0 Å². The summed E-state index contributed by atoms with van der Waals surface area (Å²) in [6.45, 7) is 7.09. The summed E-state index contributed by atoms with van der Waals surface area (Å²) < 4.78 is 5.25. The number of nitrogens with zero attached hydrogens (tertiary/aromatic N) is 1. The second-order valence-corrected chi connectivity index (χ2v) is 5.58. The van der Waals surface area contributed by atoms with Gasteiger partial charge in [-0.1, -0.05) is 32.0 Å². The Morgan fingerprint density at radius 2 is 2.05 bits per heavy atom. The number of rotatable bonds is 8. The molecule has 0 amide bonds. The van der Waals surface area contributed by atoms with E-state index in [0.717, 1.165) is 25.7 Å². The van der Waals surface area contributed by atoms with Crippen LogP contribution in [-0.2, 0) is 11.3 Å². The number of nitrogens with one attached hydrogen (secondary N) is 1. The van der Waals surface area contributed by atoms with E-state index in [-0.39, 0.29) is 0 Å². The zero-order valence-electron chi connectivity index (χ0n) is 12.4. The number of hydrogen-bond acceptors (Lipinski definition) is 3. The van der Waals surface area contributed by atoms with Crippen molar-refractivity contribution in [1.29, 1.82) is 0 Å². The number of para-hydroxylation sites is 1. The minimum Gasteiger partial charge on any atom is -0.383 e. The van der Waals surface area contributed by atoms with Crippen molar-refractivity contribution < 1.29 is 4.74 Å². The number of hydrogen-bond donors (Lipinski definition) is 1. The lowest BCUT2D eigenvalue weighted by Gasteiger charge is -2.27. The van der Waals surface area contributed by atoms with E-state index in [1.165, 1.54) is 24.1 Å². The van der Waals surface area contributed by atoms with E-state index in [1.807, 2.05) is 0 Å². The van der Waals surface area contributed by atoms with Crippen molar-refractivity contribution in [2.24, 2.45) is 0 Å². The van der Waals surface area contributed by atoms with Crippen molar-refractivity contribution >= 4 is 5.69 Å². The highest BCUT2D eigenvalue weighted by atomic mass is 16.5. The van der Waals surface area contributed by atoms with Crippen LogP contribution in [0.4, 0.5) is 5.69 Å². The topological polar surface area (TPSA) is 24.5 Å². The molecule has 3 nitrogen and oxygen atoms in total. The van der Waals surface area contributed by atoms with Gasteiger partial charge in [0.15, 0.2) is 0 Å². The van der Waals surface area contributed by atoms with E-state index in [1.54, 1.807) is 7.11 Å². The standard InChI is InChI=1S/C16H26N2O/c1-13(2)17-12-14-6-4-5-7-16(14)18(10-11-19-3)15-8-9-15/h4-7,13,15,17H,8-12H2,1-3H3. The molecule has 0 aliphatic heterocycles. The molecule has 0 heterocycles. The lowest BCUT2D eigenvalue weighted by Crippen LogP contribution is -2.31. The summed E-state index contributed by atoms with van der Waals surface area (Å²) in [5.41, 5.74) is 2.76. The third-order valence-corrected chi connectivity index (χ3v) is 3.53. The van der Waals surface area contributed by atoms with Crippen LogP contribution in [0.15, 0.2) is 24.3 Å². The van der Waals surface area contributed by atoms with Crippen molar-refractivity contribution in [2.45, 2.75) is 45.3 Å². The van der Waals surface area contributed by atoms with Crippen molar-refractivity contribution in [3.63, 3.8) is 0 Å². The molecule has 1 aromatic carbocycles. The van der Waals surface area contributed by atoms with Crippen LogP contribution in [0.5, 0.6) is 0 Å². The molecular formula is C16H26N2O. The minimum absolute atomic E-state index is 0.515. The van der Waals surface area contributed by atoms with Gasteiger partial charge in [0.1, 0.15) is 0 Å². The van der Waals surface area contributed by atoms with Crippen LogP contribution in [0.1, 0.15) is 32.3 Å². The molecule has 1 aromatic rings.